The molecule has 0 bridgehead atoms. The normalized spacial score (nSPS) is 49.2. The summed E-state index contributed by atoms with van der Waals surface area (Å²) in [6.45, 7) is -0.526. The average Bonchev–Trinajstić information content (AvgIpc) is 2.08. The van der Waals surface area contributed by atoms with Crippen LogP contribution < -0.4 is 0 Å². The van der Waals surface area contributed by atoms with Gasteiger partial charge in [-0.15, -0.1) is 0 Å². The minimum atomic E-state index is -1.57. The Morgan fingerprint density at radius 3 is 2.00 bits per heavy atom. The van der Waals surface area contributed by atoms with Gasteiger partial charge in [-0.05, 0) is 0 Å². The van der Waals surface area contributed by atoms with E-state index in [4.69, 9.17) is 25.5 Å². The van der Waals surface area contributed by atoms with Crippen LogP contribution in [0, 0.1) is 0 Å². The molecule has 1 aliphatic heterocycles. The zero-order valence-electron chi connectivity index (χ0n) is 6.24. The lowest BCUT2D eigenvalue weighted by molar-refractivity contribution is -0.286. The highest BCUT2D eigenvalue weighted by Gasteiger charge is 2.42. The first-order valence-corrected chi connectivity index (χ1v) is 3.56. The second-order valence-corrected chi connectivity index (χ2v) is 2.72. The van der Waals surface area contributed by atoms with Crippen molar-refractivity contribution < 1.29 is 30.3 Å². The maximum absolute atomic E-state index is 9.12. The van der Waals surface area contributed by atoms with Gasteiger partial charge in [-0.3, -0.25) is 0 Å². The van der Waals surface area contributed by atoms with Gasteiger partial charge in [0, 0.05) is 0 Å². The number of rotatable bonds is 1. The summed E-state index contributed by atoms with van der Waals surface area (Å²) in [5.41, 5.74) is 0. The van der Waals surface area contributed by atoms with Crippen molar-refractivity contribution >= 4 is 0 Å². The van der Waals surface area contributed by atoms with Gasteiger partial charge in [0.15, 0.2) is 6.29 Å². The topological polar surface area (TPSA) is 110 Å². The van der Waals surface area contributed by atoms with Crippen LogP contribution in [0.25, 0.3) is 0 Å². The Morgan fingerprint density at radius 2 is 1.50 bits per heavy atom. The van der Waals surface area contributed by atoms with E-state index in [0.717, 1.165) is 0 Å². The largest absolute Gasteiger partial charge is 0.394 e. The van der Waals surface area contributed by atoms with E-state index in [-0.39, 0.29) is 0 Å². The first-order chi connectivity index (χ1) is 5.57. The molecule has 0 saturated carbocycles. The third kappa shape index (κ3) is 1.58. The van der Waals surface area contributed by atoms with Gasteiger partial charge in [0.05, 0.1) is 6.61 Å². The van der Waals surface area contributed by atoms with E-state index in [0.29, 0.717) is 0 Å². The van der Waals surface area contributed by atoms with E-state index >= 15 is 0 Å². The van der Waals surface area contributed by atoms with Crippen LogP contribution in [0.5, 0.6) is 0 Å². The van der Waals surface area contributed by atoms with E-state index in [1.807, 2.05) is 0 Å². The first kappa shape index (κ1) is 9.85. The highest BCUT2D eigenvalue weighted by Crippen LogP contribution is 2.18. The molecule has 0 aliphatic carbocycles. The van der Waals surface area contributed by atoms with Crippen molar-refractivity contribution in [2.24, 2.45) is 0 Å². The van der Waals surface area contributed by atoms with E-state index in [2.05, 4.69) is 4.74 Å². The molecule has 0 amide bonds. The zero-order valence-corrected chi connectivity index (χ0v) is 6.24. The van der Waals surface area contributed by atoms with Gasteiger partial charge in [-0.2, -0.15) is 0 Å². The van der Waals surface area contributed by atoms with Crippen LogP contribution in [0.3, 0.4) is 0 Å². The van der Waals surface area contributed by atoms with Crippen LogP contribution in [-0.4, -0.2) is 62.8 Å². The van der Waals surface area contributed by atoms with Gasteiger partial charge < -0.3 is 30.3 Å². The third-order valence-electron chi connectivity index (χ3n) is 1.87. The molecule has 1 saturated heterocycles. The number of aliphatic hydroxyl groups excluding tert-OH is 5. The van der Waals surface area contributed by atoms with Gasteiger partial charge in [0.1, 0.15) is 24.4 Å². The quantitative estimate of drug-likeness (QED) is 0.273. The van der Waals surface area contributed by atoms with Gasteiger partial charge >= 0.3 is 0 Å². The Labute approximate surface area is 68.6 Å². The van der Waals surface area contributed by atoms with Crippen LogP contribution in [0.1, 0.15) is 0 Å². The fraction of sp³-hybridized carbons (Fsp3) is 1.00. The molecule has 5 N–H and O–H groups in total. The molecule has 0 aromatic rings. The van der Waals surface area contributed by atoms with Gasteiger partial charge in [-0.25, -0.2) is 0 Å². The number of aliphatic hydroxyl groups is 5. The summed E-state index contributed by atoms with van der Waals surface area (Å²) in [7, 11) is 0. The van der Waals surface area contributed by atoms with Gasteiger partial charge in [0.25, 0.3) is 0 Å². The lowest BCUT2D eigenvalue weighted by Gasteiger charge is -2.37. The fourth-order valence-corrected chi connectivity index (χ4v) is 1.08. The van der Waals surface area contributed by atoms with Gasteiger partial charge in [-0.1, -0.05) is 0 Å². The smallest absolute Gasteiger partial charge is 0.184 e. The Bertz CT molecular complexity index is 146. The summed E-state index contributed by atoms with van der Waals surface area (Å²) >= 11 is 0. The molecular formula is C6H12O6. The zero-order chi connectivity index (χ0) is 9.30. The highest BCUT2D eigenvalue weighted by atomic mass is 16.8. The average molecular weight is 182 g/mol. The summed E-state index contributed by atoms with van der Waals surface area (Å²) in [6.07, 6.45) is -7.04. The maximum Gasteiger partial charge on any atom is 0.184 e. The Morgan fingerprint density at radius 1 is 0.917 bits per heavy atom. The molecule has 0 spiro atoms. The van der Waals surface area contributed by atoms with Crippen molar-refractivity contribution in [1.82, 2.24) is 0 Å². The predicted octanol–water partition coefficient (Wildman–Crippen LogP) is -3.22. The van der Waals surface area contributed by atoms with Crippen LogP contribution in [0.2, 0.25) is 0 Å². The molecule has 1 fully saturated rings. The molecule has 0 radical (unpaired) electrons. The fourth-order valence-electron chi connectivity index (χ4n) is 1.08. The lowest BCUT2D eigenvalue weighted by atomic mass is 10.1. The predicted molar refractivity (Wildman–Crippen MR) is 36.0 cm³/mol. The molecule has 12 heavy (non-hydrogen) atoms. The van der Waals surface area contributed by atoms with Crippen LogP contribution in [-0.2, 0) is 4.74 Å². The van der Waals surface area contributed by atoms with Gasteiger partial charge in [0.2, 0.25) is 0 Å². The monoisotopic (exact) mass is 182 g/mol. The van der Waals surface area contributed by atoms with E-state index < -0.39 is 37.3 Å². The van der Waals surface area contributed by atoms with E-state index in [1.165, 1.54) is 0 Å². The molecule has 0 aromatic heterocycles. The van der Waals surface area contributed by atoms with Crippen LogP contribution in [0.4, 0.5) is 0 Å². The Hall–Kier alpha value is -0.240. The molecule has 6 nitrogen and oxygen atoms in total. The Balaban J connectivity index is 2.63. The minimum absolute atomic E-state index is 0.526. The second-order valence-electron chi connectivity index (χ2n) is 2.72. The highest BCUT2D eigenvalue weighted by molar-refractivity contribution is 4.87. The molecule has 0 unspecified atom stereocenters. The molecule has 6 heteroatoms. The van der Waals surface area contributed by atoms with Crippen molar-refractivity contribution in [3.05, 3.63) is 0 Å². The number of ether oxygens (including phenoxy) is 1. The summed E-state index contributed by atoms with van der Waals surface area (Å²) in [5, 5.41) is 44.7. The molecule has 1 rings (SSSR count). The lowest BCUT2D eigenvalue weighted by Crippen LogP contribution is -2.58. The standard InChI is InChI=1S/C6H12O6/c7-1-2-3(8)4(9)5(10)6(11)12-2/h2-11H,1H2/t2-,3-,4+,5-,6+/m1/s1/i5+1,6+1. The number of hydrogen-bond donors (Lipinski definition) is 5. The minimum Gasteiger partial charge on any atom is -0.394 e. The Kier molecular flexibility index (Phi) is 2.99. The third-order valence-corrected chi connectivity index (χ3v) is 1.87. The van der Waals surface area contributed by atoms with Crippen LogP contribution >= 0.6 is 0 Å². The molecule has 1 heterocycles. The maximum atomic E-state index is 9.12. The van der Waals surface area contributed by atoms with Crippen LogP contribution in [0.15, 0.2) is 0 Å². The summed E-state index contributed by atoms with van der Waals surface area (Å²) in [4.78, 5) is 0. The summed E-state index contributed by atoms with van der Waals surface area (Å²) < 4.78 is 4.58. The van der Waals surface area contributed by atoms with Crippen molar-refractivity contribution in [2.45, 2.75) is 30.7 Å². The summed E-state index contributed by atoms with van der Waals surface area (Å²) in [6, 6.07) is 0. The molecule has 5 atom stereocenters. The van der Waals surface area contributed by atoms with E-state index in [1.54, 1.807) is 0 Å². The molecule has 72 valence electrons. The van der Waals surface area contributed by atoms with Crippen molar-refractivity contribution in [3.63, 3.8) is 0 Å². The first-order valence-electron chi connectivity index (χ1n) is 3.56. The summed E-state index contributed by atoms with van der Waals surface area (Å²) in [5.74, 6) is 0. The van der Waals surface area contributed by atoms with E-state index in [9.17, 15) is 0 Å². The van der Waals surface area contributed by atoms with Crippen molar-refractivity contribution in [2.75, 3.05) is 6.61 Å². The number of hydrogen-bond acceptors (Lipinski definition) is 6. The molecule has 1 aliphatic rings. The molecular weight excluding hydrogens is 170 g/mol. The van der Waals surface area contributed by atoms with Crippen molar-refractivity contribution in [3.8, 4) is 0 Å². The molecule has 0 aromatic carbocycles. The second kappa shape index (κ2) is 3.65. The SMILES string of the molecule is OC[C@H]1O[13C@H](O)[13C@H](O)[C@@H](O)[C@@H]1O. The van der Waals surface area contributed by atoms with Crippen molar-refractivity contribution in [1.29, 1.82) is 0 Å².